The molecule has 1 aromatic heterocycles. The molecule has 0 spiro atoms. The Labute approximate surface area is 97.8 Å². The number of aryl methyl sites for hydroxylation is 2. The molecule has 0 aliphatic rings. The van der Waals surface area contributed by atoms with E-state index >= 15 is 0 Å². The molecule has 0 aromatic carbocycles. The van der Waals surface area contributed by atoms with Gasteiger partial charge >= 0.3 is 0 Å². The second kappa shape index (κ2) is 5.77. The van der Waals surface area contributed by atoms with E-state index in [0.717, 1.165) is 30.5 Å². The maximum Gasteiger partial charge on any atom is 0.236 e. The Kier molecular flexibility index (Phi) is 4.65. The van der Waals surface area contributed by atoms with Crippen LogP contribution in [-0.2, 0) is 6.54 Å². The number of hydrogen-bond donors (Lipinski definition) is 1. The molecule has 92 valence electrons. The molecule has 0 radical (unpaired) electrons. The first kappa shape index (κ1) is 12.9. The third kappa shape index (κ3) is 3.15. The standard InChI is InChI=1S/C12H23N3O/c1-5-15-12(11(13)10(4)14-15)16-8-6-7-9(2)3/h9H,5-8,13H2,1-4H3. The van der Waals surface area contributed by atoms with Gasteiger partial charge < -0.3 is 10.5 Å². The first-order valence-corrected chi connectivity index (χ1v) is 6.01. The van der Waals surface area contributed by atoms with E-state index < -0.39 is 0 Å². The van der Waals surface area contributed by atoms with E-state index in [0.29, 0.717) is 12.3 Å². The molecule has 2 N–H and O–H groups in total. The molecule has 0 unspecified atom stereocenters. The number of aromatic nitrogens is 2. The molecule has 16 heavy (non-hydrogen) atoms. The molecule has 0 aliphatic carbocycles. The highest BCUT2D eigenvalue weighted by Gasteiger charge is 2.12. The first-order chi connectivity index (χ1) is 7.56. The quantitative estimate of drug-likeness (QED) is 0.757. The Morgan fingerprint density at radius 3 is 2.69 bits per heavy atom. The van der Waals surface area contributed by atoms with Crippen molar-refractivity contribution in [2.24, 2.45) is 5.92 Å². The summed E-state index contributed by atoms with van der Waals surface area (Å²) in [4.78, 5) is 0. The van der Waals surface area contributed by atoms with Crippen LogP contribution in [0.1, 0.15) is 39.3 Å². The number of nitrogens with two attached hydrogens (primary N) is 1. The van der Waals surface area contributed by atoms with Gasteiger partial charge in [0.2, 0.25) is 5.88 Å². The number of hydrogen-bond acceptors (Lipinski definition) is 3. The van der Waals surface area contributed by atoms with Gasteiger partial charge in [-0.05, 0) is 32.6 Å². The Morgan fingerprint density at radius 1 is 1.44 bits per heavy atom. The highest BCUT2D eigenvalue weighted by molar-refractivity contribution is 5.52. The fourth-order valence-corrected chi connectivity index (χ4v) is 1.60. The average Bonchev–Trinajstić information content (AvgIpc) is 2.50. The third-order valence-electron chi connectivity index (χ3n) is 2.59. The predicted octanol–water partition coefficient (Wildman–Crippen LogP) is 2.61. The van der Waals surface area contributed by atoms with Gasteiger partial charge in [-0.25, -0.2) is 4.68 Å². The zero-order valence-electron chi connectivity index (χ0n) is 10.8. The lowest BCUT2D eigenvalue weighted by molar-refractivity contribution is 0.271. The van der Waals surface area contributed by atoms with Crippen LogP contribution in [0.3, 0.4) is 0 Å². The van der Waals surface area contributed by atoms with Gasteiger partial charge in [0.25, 0.3) is 0 Å². The van der Waals surface area contributed by atoms with Gasteiger partial charge in [-0.1, -0.05) is 13.8 Å². The van der Waals surface area contributed by atoms with Crippen molar-refractivity contribution >= 4 is 5.69 Å². The van der Waals surface area contributed by atoms with E-state index in [4.69, 9.17) is 10.5 Å². The van der Waals surface area contributed by atoms with Crippen molar-refractivity contribution in [3.63, 3.8) is 0 Å². The average molecular weight is 225 g/mol. The summed E-state index contributed by atoms with van der Waals surface area (Å²) < 4.78 is 7.52. The lowest BCUT2D eigenvalue weighted by atomic mass is 10.1. The Morgan fingerprint density at radius 2 is 2.12 bits per heavy atom. The summed E-state index contributed by atoms with van der Waals surface area (Å²) in [6.07, 6.45) is 2.24. The molecule has 0 saturated heterocycles. The fourth-order valence-electron chi connectivity index (χ4n) is 1.60. The van der Waals surface area contributed by atoms with Gasteiger partial charge in [-0.3, -0.25) is 0 Å². The highest BCUT2D eigenvalue weighted by Crippen LogP contribution is 2.24. The van der Waals surface area contributed by atoms with E-state index in [9.17, 15) is 0 Å². The molecular formula is C12H23N3O. The molecule has 0 fully saturated rings. The van der Waals surface area contributed by atoms with Crippen LogP contribution in [0.5, 0.6) is 5.88 Å². The van der Waals surface area contributed by atoms with Crippen LogP contribution in [0.4, 0.5) is 5.69 Å². The van der Waals surface area contributed by atoms with Crippen LogP contribution in [0, 0.1) is 12.8 Å². The minimum atomic E-state index is 0.673. The van der Waals surface area contributed by atoms with Gasteiger partial charge in [-0.15, -0.1) is 0 Å². The number of nitrogen functional groups attached to an aromatic ring is 1. The van der Waals surface area contributed by atoms with Crippen LogP contribution in [0.25, 0.3) is 0 Å². The highest BCUT2D eigenvalue weighted by atomic mass is 16.5. The summed E-state index contributed by atoms with van der Waals surface area (Å²) in [6.45, 7) is 9.88. The molecule has 0 atom stereocenters. The second-order valence-electron chi connectivity index (χ2n) is 4.50. The fraction of sp³-hybridized carbons (Fsp3) is 0.750. The largest absolute Gasteiger partial charge is 0.476 e. The molecule has 1 rings (SSSR count). The lowest BCUT2D eigenvalue weighted by Crippen LogP contribution is -2.06. The number of nitrogens with zero attached hydrogens (tertiary/aromatic N) is 2. The van der Waals surface area contributed by atoms with E-state index in [1.807, 2.05) is 18.5 Å². The molecule has 0 amide bonds. The smallest absolute Gasteiger partial charge is 0.236 e. The van der Waals surface area contributed by atoms with Crippen LogP contribution in [0.2, 0.25) is 0 Å². The van der Waals surface area contributed by atoms with E-state index in [1.165, 1.54) is 6.42 Å². The summed E-state index contributed by atoms with van der Waals surface area (Å²) in [5.74, 6) is 1.45. The molecule has 4 heteroatoms. The van der Waals surface area contributed by atoms with E-state index in [1.54, 1.807) is 0 Å². The summed E-state index contributed by atoms with van der Waals surface area (Å²) in [5.41, 5.74) is 7.43. The zero-order valence-corrected chi connectivity index (χ0v) is 10.8. The van der Waals surface area contributed by atoms with Crippen molar-refractivity contribution < 1.29 is 4.74 Å². The molecule has 0 saturated carbocycles. The predicted molar refractivity (Wildman–Crippen MR) is 66.6 cm³/mol. The van der Waals surface area contributed by atoms with E-state index in [2.05, 4.69) is 18.9 Å². The van der Waals surface area contributed by atoms with Crippen molar-refractivity contribution in [3.8, 4) is 5.88 Å². The SMILES string of the molecule is CCn1nc(C)c(N)c1OCCCC(C)C. The summed E-state index contributed by atoms with van der Waals surface area (Å²) in [7, 11) is 0. The summed E-state index contributed by atoms with van der Waals surface area (Å²) in [6, 6.07) is 0. The van der Waals surface area contributed by atoms with E-state index in [-0.39, 0.29) is 0 Å². The minimum absolute atomic E-state index is 0.673. The second-order valence-corrected chi connectivity index (χ2v) is 4.50. The summed E-state index contributed by atoms with van der Waals surface area (Å²) >= 11 is 0. The molecule has 0 bridgehead atoms. The number of anilines is 1. The Hall–Kier alpha value is -1.19. The van der Waals surface area contributed by atoms with Gasteiger partial charge in [0.05, 0.1) is 12.3 Å². The van der Waals surface area contributed by atoms with Gasteiger partial charge in [0, 0.05) is 6.54 Å². The monoisotopic (exact) mass is 225 g/mol. The first-order valence-electron chi connectivity index (χ1n) is 6.01. The maximum absolute atomic E-state index is 5.91. The molecule has 4 nitrogen and oxygen atoms in total. The normalized spacial score (nSPS) is 11.1. The maximum atomic E-state index is 5.91. The van der Waals surface area contributed by atoms with Gasteiger partial charge in [0.15, 0.2) is 0 Å². The topological polar surface area (TPSA) is 53.1 Å². The molecule has 1 aromatic rings. The van der Waals surface area contributed by atoms with Gasteiger partial charge in [-0.2, -0.15) is 5.10 Å². The minimum Gasteiger partial charge on any atom is -0.476 e. The molecule has 0 aliphatic heterocycles. The van der Waals surface area contributed by atoms with Crippen molar-refractivity contribution in [2.75, 3.05) is 12.3 Å². The Bertz CT molecular complexity index is 331. The van der Waals surface area contributed by atoms with Crippen molar-refractivity contribution in [2.45, 2.75) is 47.1 Å². The third-order valence-corrected chi connectivity index (χ3v) is 2.59. The van der Waals surface area contributed by atoms with Crippen molar-refractivity contribution in [3.05, 3.63) is 5.69 Å². The molecular weight excluding hydrogens is 202 g/mol. The zero-order chi connectivity index (χ0) is 12.1. The Balaban J connectivity index is 2.52. The van der Waals surface area contributed by atoms with Gasteiger partial charge in [0.1, 0.15) is 5.69 Å². The number of rotatable bonds is 6. The van der Waals surface area contributed by atoms with Crippen LogP contribution in [-0.4, -0.2) is 16.4 Å². The lowest BCUT2D eigenvalue weighted by Gasteiger charge is -2.09. The van der Waals surface area contributed by atoms with Crippen LogP contribution >= 0.6 is 0 Å². The summed E-state index contributed by atoms with van der Waals surface area (Å²) in [5, 5.41) is 4.31. The molecule has 1 heterocycles. The van der Waals surface area contributed by atoms with Crippen molar-refractivity contribution in [1.82, 2.24) is 9.78 Å². The van der Waals surface area contributed by atoms with Crippen LogP contribution in [0.15, 0.2) is 0 Å². The van der Waals surface area contributed by atoms with Crippen molar-refractivity contribution in [1.29, 1.82) is 0 Å². The number of ether oxygens (including phenoxy) is 1. The van der Waals surface area contributed by atoms with Crippen LogP contribution < -0.4 is 10.5 Å².